The van der Waals surface area contributed by atoms with Crippen LogP contribution in [0.25, 0.3) is 0 Å². The highest BCUT2D eigenvalue weighted by Gasteiger charge is 2.40. The Morgan fingerprint density at radius 1 is 1.03 bits per heavy atom. The minimum absolute atomic E-state index is 0.183. The van der Waals surface area contributed by atoms with Crippen molar-refractivity contribution in [2.24, 2.45) is 11.8 Å². The Hall–Kier alpha value is -2.34. The van der Waals surface area contributed by atoms with Gasteiger partial charge in [0.15, 0.2) is 0 Å². The number of fused-ring (bicyclic) bond motifs is 2. The van der Waals surface area contributed by atoms with Crippen LogP contribution in [0.4, 0.5) is 5.69 Å². The van der Waals surface area contributed by atoms with Crippen LogP contribution >= 0.6 is 0 Å². The molecule has 0 spiro atoms. The van der Waals surface area contributed by atoms with Gasteiger partial charge in [0.1, 0.15) is 6.54 Å². The quantitative estimate of drug-likeness (QED) is 0.785. The number of aryl methyl sites for hydroxylation is 2. The van der Waals surface area contributed by atoms with Gasteiger partial charge in [-0.3, -0.25) is 9.10 Å². The largest absolute Gasteiger partial charge is 0.352 e. The van der Waals surface area contributed by atoms with Crippen molar-refractivity contribution in [3.8, 4) is 0 Å². The predicted molar refractivity (Wildman–Crippen MR) is 114 cm³/mol. The molecule has 0 aromatic heterocycles. The Morgan fingerprint density at radius 2 is 1.79 bits per heavy atom. The SMILES string of the molecule is Cc1ccc(S(=O)(=O)N(CC(=O)N[C@@H]2C[C@H]3CC[C@H]2C3)c2cccc(C)c2)cc1. The van der Waals surface area contributed by atoms with Crippen LogP contribution in [0.1, 0.15) is 36.8 Å². The molecule has 2 aliphatic rings. The number of nitrogens with one attached hydrogen (secondary N) is 1. The molecule has 0 saturated heterocycles. The summed E-state index contributed by atoms with van der Waals surface area (Å²) in [5.74, 6) is 1.03. The van der Waals surface area contributed by atoms with Crippen molar-refractivity contribution in [2.45, 2.75) is 50.5 Å². The summed E-state index contributed by atoms with van der Waals surface area (Å²) in [4.78, 5) is 13.1. The van der Waals surface area contributed by atoms with E-state index in [1.54, 1.807) is 36.4 Å². The van der Waals surface area contributed by atoms with E-state index in [1.807, 2.05) is 26.0 Å². The second-order valence-electron chi connectivity index (χ2n) is 8.51. The monoisotopic (exact) mass is 412 g/mol. The number of carbonyl (C=O) groups excluding carboxylic acids is 1. The zero-order valence-corrected chi connectivity index (χ0v) is 17.8. The molecule has 0 heterocycles. The molecule has 0 aliphatic heterocycles. The number of rotatable bonds is 6. The average molecular weight is 413 g/mol. The lowest BCUT2D eigenvalue weighted by atomic mass is 9.95. The van der Waals surface area contributed by atoms with Gasteiger partial charge in [0.05, 0.1) is 10.6 Å². The summed E-state index contributed by atoms with van der Waals surface area (Å²) >= 11 is 0. The first-order valence-electron chi connectivity index (χ1n) is 10.3. The van der Waals surface area contributed by atoms with E-state index in [0.717, 1.165) is 23.5 Å². The van der Waals surface area contributed by atoms with Gasteiger partial charge in [0.25, 0.3) is 10.0 Å². The minimum atomic E-state index is -3.85. The number of carbonyl (C=O) groups is 1. The predicted octanol–water partition coefficient (Wildman–Crippen LogP) is 3.80. The number of amides is 1. The smallest absolute Gasteiger partial charge is 0.264 e. The second-order valence-corrected chi connectivity index (χ2v) is 10.4. The van der Waals surface area contributed by atoms with E-state index in [4.69, 9.17) is 0 Å². The molecule has 5 nitrogen and oxygen atoms in total. The van der Waals surface area contributed by atoms with Gasteiger partial charge in [0, 0.05) is 6.04 Å². The maximum absolute atomic E-state index is 13.4. The van der Waals surface area contributed by atoms with Crippen LogP contribution in [0.5, 0.6) is 0 Å². The topological polar surface area (TPSA) is 66.5 Å². The third-order valence-electron chi connectivity index (χ3n) is 6.27. The van der Waals surface area contributed by atoms with E-state index < -0.39 is 10.0 Å². The molecular weight excluding hydrogens is 384 g/mol. The molecule has 2 aliphatic carbocycles. The molecule has 29 heavy (non-hydrogen) atoms. The third-order valence-corrected chi connectivity index (χ3v) is 8.06. The van der Waals surface area contributed by atoms with Crippen LogP contribution in [0, 0.1) is 25.7 Å². The lowest BCUT2D eigenvalue weighted by Crippen LogP contribution is -2.46. The number of nitrogens with zero attached hydrogens (tertiary/aromatic N) is 1. The Labute approximate surface area is 173 Å². The van der Waals surface area contributed by atoms with Gasteiger partial charge in [0.2, 0.25) is 5.91 Å². The van der Waals surface area contributed by atoms with Crippen molar-refractivity contribution in [3.05, 3.63) is 59.7 Å². The zero-order chi connectivity index (χ0) is 20.6. The minimum Gasteiger partial charge on any atom is -0.352 e. The van der Waals surface area contributed by atoms with Crippen LogP contribution in [-0.2, 0) is 14.8 Å². The molecule has 4 rings (SSSR count). The molecular formula is C23H28N2O3S. The summed E-state index contributed by atoms with van der Waals surface area (Å²) in [7, 11) is -3.85. The summed E-state index contributed by atoms with van der Waals surface area (Å²) in [5, 5.41) is 3.11. The molecule has 6 heteroatoms. The number of hydrogen-bond donors (Lipinski definition) is 1. The van der Waals surface area contributed by atoms with E-state index in [2.05, 4.69) is 5.32 Å². The fourth-order valence-electron chi connectivity index (χ4n) is 4.74. The first kappa shape index (κ1) is 20.0. The summed E-state index contributed by atoms with van der Waals surface area (Å²) < 4.78 is 28.0. The van der Waals surface area contributed by atoms with E-state index >= 15 is 0 Å². The van der Waals surface area contributed by atoms with E-state index in [1.165, 1.54) is 23.6 Å². The van der Waals surface area contributed by atoms with Gasteiger partial charge in [-0.25, -0.2) is 8.42 Å². The third kappa shape index (κ3) is 4.17. The maximum atomic E-state index is 13.4. The Morgan fingerprint density at radius 3 is 2.41 bits per heavy atom. The molecule has 1 amide bonds. The number of anilines is 1. The normalized spacial score (nSPS) is 23.2. The van der Waals surface area contributed by atoms with Gasteiger partial charge in [-0.15, -0.1) is 0 Å². The van der Waals surface area contributed by atoms with Crippen LogP contribution < -0.4 is 9.62 Å². The van der Waals surface area contributed by atoms with Crippen molar-refractivity contribution < 1.29 is 13.2 Å². The average Bonchev–Trinajstić information content (AvgIpc) is 3.29. The number of sulfonamides is 1. The first-order valence-corrected chi connectivity index (χ1v) is 11.7. The standard InChI is InChI=1S/C23H28N2O3S/c1-16-6-10-21(11-7-16)29(27,28)25(20-5-3-4-17(2)12-20)15-23(26)24-22-14-18-8-9-19(22)13-18/h3-7,10-12,18-19,22H,8-9,13-15H2,1-2H3,(H,24,26)/t18-,19-,22+/m0/s1. The molecule has 154 valence electrons. The molecule has 2 aromatic carbocycles. The van der Waals surface area contributed by atoms with Crippen molar-refractivity contribution in [1.29, 1.82) is 0 Å². The molecule has 0 radical (unpaired) electrons. The second kappa shape index (κ2) is 7.82. The maximum Gasteiger partial charge on any atom is 0.264 e. The molecule has 0 unspecified atom stereocenters. The Kier molecular flexibility index (Phi) is 5.38. The Balaban J connectivity index is 1.60. The highest BCUT2D eigenvalue weighted by molar-refractivity contribution is 7.92. The van der Waals surface area contributed by atoms with Crippen LogP contribution in [-0.4, -0.2) is 26.9 Å². The molecule has 3 atom stereocenters. The Bertz CT molecular complexity index is 1000. The number of hydrogen-bond acceptors (Lipinski definition) is 3. The molecule has 1 N–H and O–H groups in total. The van der Waals surface area contributed by atoms with Crippen molar-refractivity contribution >= 4 is 21.6 Å². The number of benzene rings is 2. The highest BCUT2D eigenvalue weighted by Crippen LogP contribution is 2.44. The van der Waals surface area contributed by atoms with Crippen molar-refractivity contribution in [2.75, 3.05) is 10.8 Å². The molecule has 2 aromatic rings. The molecule has 2 bridgehead atoms. The van der Waals surface area contributed by atoms with E-state index in [0.29, 0.717) is 11.6 Å². The van der Waals surface area contributed by atoms with Crippen molar-refractivity contribution in [3.63, 3.8) is 0 Å². The summed E-state index contributed by atoms with van der Waals surface area (Å²) in [6.07, 6.45) is 4.63. The summed E-state index contributed by atoms with van der Waals surface area (Å²) in [5.41, 5.74) is 2.44. The van der Waals surface area contributed by atoms with Gasteiger partial charge >= 0.3 is 0 Å². The molecule has 2 fully saturated rings. The van der Waals surface area contributed by atoms with Gasteiger partial charge in [-0.1, -0.05) is 36.2 Å². The zero-order valence-electron chi connectivity index (χ0n) is 17.0. The van der Waals surface area contributed by atoms with E-state index in [9.17, 15) is 13.2 Å². The van der Waals surface area contributed by atoms with Crippen LogP contribution in [0.15, 0.2) is 53.4 Å². The fraction of sp³-hybridized carbons (Fsp3) is 0.435. The van der Waals surface area contributed by atoms with E-state index in [-0.39, 0.29) is 23.4 Å². The van der Waals surface area contributed by atoms with Gasteiger partial charge in [-0.05, 0) is 74.8 Å². The lowest BCUT2D eigenvalue weighted by molar-refractivity contribution is -0.120. The molecule has 2 saturated carbocycles. The van der Waals surface area contributed by atoms with Gasteiger partial charge < -0.3 is 5.32 Å². The lowest BCUT2D eigenvalue weighted by Gasteiger charge is -2.27. The fourth-order valence-corrected chi connectivity index (χ4v) is 6.15. The summed E-state index contributed by atoms with van der Waals surface area (Å²) in [6.45, 7) is 3.61. The van der Waals surface area contributed by atoms with Crippen LogP contribution in [0.2, 0.25) is 0 Å². The van der Waals surface area contributed by atoms with Crippen LogP contribution in [0.3, 0.4) is 0 Å². The highest BCUT2D eigenvalue weighted by atomic mass is 32.2. The van der Waals surface area contributed by atoms with Crippen molar-refractivity contribution in [1.82, 2.24) is 5.32 Å². The first-order chi connectivity index (χ1) is 13.8. The van der Waals surface area contributed by atoms with Gasteiger partial charge in [-0.2, -0.15) is 0 Å². The summed E-state index contributed by atoms with van der Waals surface area (Å²) in [6, 6.07) is 14.2.